The molecule has 0 spiro atoms. The Bertz CT molecular complexity index is 894. The molecule has 8 heteroatoms. The van der Waals surface area contributed by atoms with Crippen LogP contribution in [0, 0.1) is 0 Å². The van der Waals surface area contributed by atoms with Gasteiger partial charge in [-0.05, 0) is 43.2 Å². The van der Waals surface area contributed by atoms with Crippen molar-refractivity contribution in [3.63, 3.8) is 0 Å². The Hall–Kier alpha value is -2.42. The van der Waals surface area contributed by atoms with E-state index in [4.69, 9.17) is 9.47 Å². The third-order valence-electron chi connectivity index (χ3n) is 4.65. The molecular weight excluding hydrogens is 392 g/mol. The SMILES string of the molecule is CCOc1ccc(S(=O)(=O)N[C@H](Cc2ccccc2)C(=O)N2CCOCC2)cc1. The molecule has 1 saturated heterocycles. The van der Waals surface area contributed by atoms with Crippen LogP contribution in [0.15, 0.2) is 59.5 Å². The van der Waals surface area contributed by atoms with Crippen LogP contribution in [0.5, 0.6) is 5.75 Å². The molecule has 0 bridgehead atoms. The predicted molar refractivity (Wildman–Crippen MR) is 109 cm³/mol. The van der Waals surface area contributed by atoms with E-state index in [9.17, 15) is 13.2 Å². The average Bonchev–Trinajstić information content (AvgIpc) is 2.75. The Labute approximate surface area is 171 Å². The quantitative estimate of drug-likeness (QED) is 0.707. The van der Waals surface area contributed by atoms with E-state index in [2.05, 4.69) is 4.72 Å². The average molecular weight is 419 g/mol. The number of morpholine rings is 1. The summed E-state index contributed by atoms with van der Waals surface area (Å²) in [6.07, 6.45) is 0.271. The van der Waals surface area contributed by atoms with Crippen molar-refractivity contribution in [2.75, 3.05) is 32.9 Å². The molecule has 1 amide bonds. The lowest BCUT2D eigenvalue weighted by molar-refractivity contribution is -0.137. The number of benzene rings is 2. The highest BCUT2D eigenvalue weighted by atomic mass is 32.2. The van der Waals surface area contributed by atoms with E-state index in [1.54, 1.807) is 17.0 Å². The molecule has 3 rings (SSSR count). The summed E-state index contributed by atoms with van der Waals surface area (Å²) < 4.78 is 39.2. The van der Waals surface area contributed by atoms with Crippen molar-refractivity contribution in [3.05, 3.63) is 60.2 Å². The first-order valence-corrected chi connectivity index (χ1v) is 11.1. The van der Waals surface area contributed by atoms with Crippen molar-refractivity contribution in [3.8, 4) is 5.75 Å². The largest absolute Gasteiger partial charge is 0.494 e. The summed E-state index contributed by atoms with van der Waals surface area (Å²) in [6, 6.07) is 14.6. The van der Waals surface area contributed by atoms with E-state index in [1.165, 1.54) is 12.1 Å². The van der Waals surface area contributed by atoms with Crippen molar-refractivity contribution >= 4 is 15.9 Å². The van der Waals surface area contributed by atoms with E-state index in [0.717, 1.165) is 5.56 Å². The molecule has 29 heavy (non-hydrogen) atoms. The summed E-state index contributed by atoms with van der Waals surface area (Å²) in [5.41, 5.74) is 0.883. The zero-order valence-electron chi connectivity index (χ0n) is 16.4. The molecule has 1 N–H and O–H groups in total. The number of ether oxygens (including phenoxy) is 2. The fraction of sp³-hybridized carbons (Fsp3) is 0.381. The van der Waals surface area contributed by atoms with Crippen molar-refractivity contribution in [1.29, 1.82) is 0 Å². The number of nitrogens with one attached hydrogen (secondary N) is 1. The summed E-state index contributed by atoms with van der Waals surface area (Å²) in [4.78, 5) is 14.8. The zero-order valence-corrected chi connectivity index (χ0v) is 17.2. The summed E-state index contributed by atoms with van der Waals surface area (Å²) >= 11 is 0. The first kappa shape index (κ1) is 21.3. The molecule has 1 heterocycles. The van der Waals surface area contributed by atoms with E-state index in [-0.39, 0.29) is 17.2 Å². The Morgan fingerprint density at radius 3 is 2.38 bits per heavy atom. The standard InChI is InChI=1S/C21H26N2O5S/c1-2-28-18-8-10-19(11-9-18)29(25,26)22-20(16-17-6-4-3-5-7-17)21(24)23-12-14-27-15-13-23/h3-11,20,22H,2,12-16H2,1H3/t20-/m1/s1. The summed E-state index contributed by atoms with van der Waals surface area (Å²) in [5.74, 6) is 0.350. The molecule has 156 valence electrons. The first-order chi connectivity index (χ1) is 14.0. The highest BCUT2D eigenvalue weighted by Gasteiger charge is 2.30. The molecule has 1 aliphatic rings. The molecular formula is C21H26N2O5S. The highest BCUT2D eigenvalue weighted by molar-refractivity contribution is 7.89. The molecule has 1 fully saturated rings. The number of rotatable bonds is 8. The highest BCUT2D eigenvalue weighted by Crippen LogP contribution is 2.17. The summed E-state index contributed by atoms with van der Waals surface area (Å²) in [6.45, 7) is 4.17. The topological polar surface area (TPSA) is 84.9 Å². The molecule has 2 aromatic rings. The Balaban J connectivity index is 1.81. The second kappa shape index (κ2) is 9.87. The van der Waals surface area contributed by atoms with Gasteiger partial charge in [0, 0.05) is 13.1 Å². The number of nitrogens with zero attached hydrogens (tertiary/aromatic N) is 1. The fourth-order valence-electron chi connectivity index (χ4n) is 3.17. The third kappa shape index (κ3) is 5.79. The van der Waals surface area contributed by atoms with Crippen molar-refractivity contribution in [2.24, 2.45) is 0 Å². The number of amides is 1. The minimum atomic E-state index is -3.88. The van der Waals surface area contributed by atoms with Gasteiger partial charge in [-0.15, -0.1) is 0 Å². The van der Waals surface area contributed by atoms with Gasteiger partial charge in [-0.2, -0.15) is 4.72 Å². The van der Waals surface area contributed by atoms with Crippen molar-refractivity contribution < 1.29 is 22.7 Å². The lowest BCUT2D eigenvalue weighted by Gasteiger charge is -2.30. The van der Waals surface area contributed by atoms with Gasteiger partial charge in [0.2, 0.25) is 15.9 Å². The molecule has 1 atom stereocenters. The maximum absolute atomic E-state index is 13.1. The van der Waals surface area contributed by atoms with Gasteiger partial charge in [0.15, 0.2) is 0 Å². The molecule has 2 aromatic carbocycles. The normalized spacial score (nSPS) is 15.7. The van der Waals surface area contributed by atoms with Gasteiger partial charge in [0.25, 0.3) is 0 Å². The molecule has 0 unspecified atom stereocenters. The van der Waals surface area contributed by atoms with Gasteiger partial charge in [0.1, 0.15) is 11.8 Å². The van der Waals surface area contributed by atoms with Crippen LogP contribution in [-0.2, 0) is 26.0 Å². The number of carbonyl (C=O) groups excluding carboxylic acids is 1. The van der Waals surface area contributed by atoms with Gasteiger partial charge >= 0.3 is 0 Å². The summed E-state index contributed by atoms with van der Waals surface area (Å²) in [5, 5.41) is 0. The first-order valence-electron chi connectivity index (χ1n) is 9.65. The molecule has 0 aromatic heterocycles. The van der Waals surface area contributed by atoms with Crippen LogP contribution < -0.4 is 9.46 Å². The smallest absolute Gasteiger partial charge is 0.241 e. The molecule has 0 aliphatic carbocycles. The maximum Gasteiger partial charge on any atom is 0.241 e. The van der Waals surface area contributed by atoms with Gasteiger partial charge in [0.05, 0.1) is 24.7 Å². The van der Waals surface area contributed by atoms with Crippen LogP contribution in [0.25, 0.3) is 0 Å². The number of sulfonamides is 1. The molecule has 0 radical (unpaired) electrons. The van der Waals surface area contributed by atoms with Crippen molar-refractivity contribution in [1.82, 2.24) is 9.62 Å². The van der Waals surface area contributed by atoms with E-state index in [0.29, 0.717) is 38.7 Å². The minimum absolute atomic E-state index is 0.0915. The second-order valence-corrected chi connectivity index (χ2v) is 8.42. The zero-order chi connectivity index (χ0) is 20.7. The number of hydrogen-bond acceptors (Lipinski definition) is 5. The lowest BCUT2D eigenvalue weighted by Crippen LogP contribution is -2.52. The number of carbonyl (C=O) groups is 1. The number of hydrogen-bond donors (Lipinski definition) is 1. The summed E-state index contributed by atoms with van der Waals surface area (Å²) in [7, 11) is -3.88. The van der Waals surface area contributed by atoms with Crippen LogP contribution in [0.4, 0.5) is 0 Å². The van der Waals surface area contributed by atoms with Crippen molar-refractivity contribution in [2.45, 2.75) is 24.3 Å². The van der Waals surface area contributed by atoms with Gasteiger partial charge < -0.3 is 14.4 Å². The third-order valence-corrected chi connectivity index (χ3v) is 6.13. The monoisotopic (exact) mass is 418 g/mol. The van der Waals surface area contributed by atoms with E-state index < -0.39 is 16.1 Å². The fourth-order valence-corrected chi connectivity index (χ4v) is 4.36. The molecule has 1 aliphatic heterocycles. The van der Waals surface area contributed by atoms with Gasteiger partial charge in [-0.25, -0.2) is 8.42 Å². The minimum Gasteiger partial charge on any atom is -0.494 e. The molecule has 0 saturated carbocycles. The lowest BCUT2D eigenvalue weighted by atomic mass is 10.1. The van der Waals surface area contributed by atoms with Crippen LogP contribution >= 0.6 is 0 Å². The van der Waals surface area contributed by atoms with E-state index in [1.807, 2.05) is 37.3 Å². The van der Waals surface area contributed by atoms with E-state index >= 15 is 0 Å². The van der Waals surface area contributed by atoms with Gasteiger partial charge in [-0.3, -0.25) is 4.79 Å². The Morgan fingerprint density at radius 2 is 1.76 bits per heavy atom. The molecule has 7 nitrogen and oxygen atoms in total. The second-order valence-electron chi connectivity index (χ2n) is 6.71. The van der Waals surface area contributed by atoms with Gasteiger partial charge in [-0.1, -0.05) is 30.3 Å². The Kier molecular flexibility index (Phi) is 7.24. The van der Waals surface area contributed by atoms with Crippen LogP contribution in [-0.4, -0.2) is 58.2 Å². The van der Waals surface area contributed by atoms with Crippen LogP contribution in [0.1, 0.15) is 12.5 Å². The predicted octanol–water partition coefficient (Wildman–Crippen LogP) is 1.83. The Morgan fingerprint density at radius 1 is 1.10 bits per heavy atom. The van der Waals surface area contributed by atoms with Crippen LogP contribution in [0.2, 0.25) is 0 Å². The van der Waals surface area contributed by atoms with Crippen LogP contribution in [0.3, 0.4) is 0 Å². The maximum atomic E-state index is 13.1.